The van der Waals surface area contributed by atoms with Crippen LogP contribution in [0.15, 0.2) is 0 Å². The van der Waals surface area contributed by atoms with Gasteiger partial charge in [-0.15, -0.1) is 0 Å². The molecule has 2 fully saturated rings. The van der Waals surface area contributed by atoms with Crippen LogP contribution in [0.2, 0.25) is 0 Å². The highest BCUT2D eigenvalue weighted by Crippen LogP contribution is 2.26. The van der Waals surface area contributed by atoms with Gasteiger partial charge in [0, 0.05) is 13.2 Å². The molecule has 0 aliphatic carbocycles. The van der Waals surface area contributed by atoms with Gasteiger partial charge in [0.05, 0.1) is 18.8 Å². The molecule has 3 atom stereocenters. The molecule has 2 aliphatic heterocycles. The molecule has 2 N–H and O–H groups in total. The van der Waals surface area contributed by atoms with Gasteiger partial charge in [-0.05, 0) is 18.8 Å². The molecule has 78 valence electrons. The van der Waals surface area contributed by atoms with Crippen molar-refractivity contribution < 1.29 is 9.84 Å². The highest BCUT2D eigenvalue weighted by Gasteiger charge is 2.36. The van der Waals surface area contributed by atoms with Crippen LogP contribution in [0, 0.1) is 5.92 Å². The summed E-state index contributed by atoms with van der Waals surface area (Å²) >= 11 is 0. The average molecular weight is 187 g/mol. The van der Waals surface area contributed by atoms with E-state index >= 15 is 0 Å². The summed E-state index contributed by atoms with van der Waals surface area (Å²) in [6.07, 6.45) is 4.00. The Bertz CT molecular complexity index is 152. The van der Waals surface area contributed by atoms with Crippen molar-refractivity contribution in [2.24, 2.45) is 5.92 Å². The quantitative estimate of drug-likeness (QED) is 0.637. The van der Waals surface area contributed by atoms with Gasteiger partial charge in [-0.1, -0.05) is 13.8 Å². The van der Waals surface area contributed by atoms with Crippen molar-refractivity contribution in [1.29, 1.82) is 0 Å². The molecule has 0 aromatic heterocycles. The molecule has 0 bridgehead atoms. The number of hydrogen-bond donors (Lipinski definition) is 2. The Balaban J connectivity index is 0.000000845. The number of fused-ring (bicyclic) bond motifs is 1. The summed E-state index contributed by atoms with van der Waals surface area (Å²) in [6, 6.07) is 0.188. The monoisotopic (exact) mass is 187 g/mol. The Morgan fingerprint density at radius 2 is 2.23 bits per heavy atom. The summed E-state index contributed by atoms with van der Waals surface area (Å²) in [5, 5.41) is 12.4. The first-order chi connectivity index (χ1) is 5.92. The van der Waals surface area contributed by atoms with Gasteiger partial charge >= 0.3 is 0 Å². The molecule has 0 spiro atoms. The molecule has 3 heteroatoms. The minimum atomic E-state index is 0. The van der Waals surface area contributed by atoms with Crippen molar-refractivity contribution >= 4 is 0 Å². The zero-order valence-corrected chi connectivity index (χ0v) is 7.33. The van der Waals surface area contributed by atoms with Crippen molar-refractivity contribution in [3.63, 3.8) is 0 Å². The number of hydrogen-bond acceptors (Lipinski definition) is 3. The average Bonchev–Trinajstić information content (AvgIpc) is 2.33. The molecule has 0 aromatic carbocycles. The predicted octanol–water partition coefficient (Wildman–Crippen LogP) is 0.772. The largest absolute Gasteiger partial charge is 0.395 e. The second-order valence-corrected chi connectivity index (χ2v) is 3.79. The van der Waals surface area contributed by atoms with E-state index in [1.165, 1.54) is 19.3 Å². The summed E-state index contributed by atoms with van der Waals surface area (Å²) in [4.78, 5) is 0. The lowest BCUT2D eigenvalue weighted by molar-refractivity contribution is 0.0170. The van der Waals surface area contributed by atoms with Crippen LogP contribution in [0.4, 0.5) is 0 Å². The van der Waals surface area contributed by atoms with Gasteiger partial charge in [-0.25, -0.2) is 0 Å². The van der Waals surface area contributed by atoms with E-state index in [1.54, 1.807) is 0 Å². The molecule has 2 aliphatic rings. The SMILES string of the molecule is C.OCC1NCC2CCCCOC21. The first-order valence-corrected chi connectivity index (χ1v) is 4.87. The van der Waals surface area contributed by atoms with Crippen molar-refractivity contribution in [3.8, 4) is 0 Å². The van der Waals surface area contributed by atoms with E-state index in [9.17, 15) is 0 Å². The minimum Gasteiger partial charge on any atom is -0.395 e. The first kappa shape index (κ1) is 11.0. The Labute approximate surface area is 80.5 Å². The third-order valence-electron chi connectivity index (χ3n) is 2.98. The Morgan fingerprint density at radius 1 is 1.38 bits per heavy atom. The molecule has 2 saturated heterocycles. The fourth-order valence-corrected chi connectivity index (χ4v) is 2.28. The van der Waals surface area contributed by atoms with Crippen LogP contribution in [-0.2, 0) is 4.74 Å². The number of rotatable bonds is 1. The normalized spacial score (nSPS) is 39.0. The molecular weight excluding hydrogens is 166 g/mol. The second kappa shape index (κ2) is 4.94. The molecule has 0 saturated carbocycles. The molecular formula is C10H21NO2. The summed E-state index contributed by atoms with van der Waals surface area (Å²) in [7, 11) is 0. The van der Waals surface area contributed by atoms with Crippen molar-refractivity contribution in [3.05, 3.63) is 0 Å². The Morgan fingerprint density at radius 3 is 3.00 bits per heavy atom. The van der Waals surface area contributed by atoms with E-state index in [4.69, 9.17) is 9.84 Å². The Hall–Kier alpha value is -0.120. The van der Waals surface area contributed by atoms with Gasteiger partial charge in [0.2, 0.25) is 0 Å². The van der Waals surface area contributed by atoms with Crippen LogP contribution in [0.25, 0.3) is 0 Å². The molecule has 0 radical (unpaired) electrons. The highest BCUT2D eigenvalue weighted by molar-refractivity contribution is 4.92. The summed E-state index contributed by atoms with van der Waals surface area (Å²) in [5.41, 5.74) is 0. The van der Waals surface area contributed by atoms with Crippen LogP contribution < -0.4 is 5.32 Å². The number of nitrogens with one attached hydrogen (secondary N) is 1. The maximum Gasteiger partial charge on any atom is 0.0790 e. The van der Waals surface area contributed by atoms with E-state index in [1.807, 2.05) is 0 Å². The molecule has 2 rings (SSSR count). The van der Waals surface area contributed by atoms with E-state index in [0.29, 0.717) is 5.92 Å². The van der Waals surface area contributed by atoms with Crippen molar-refractivity contribution in [1.82, 2.24) is 5.32 Å². The molecule has 0 amide bonds. The zero-order valence-electron chi connectivity index (χ0n) is 7.33. The van der Waals surface area contributed by atoms with E-state index in [2.05, 4.69) is 5.32 Å². The number of ether oxygens (including phenoxy) is 1. The van der Waals surface area contributed by atoms with Crippen LogP contribution in [0.3, 0.4) is 0 Å². The fourth-order valence-electron chi connectivity index (χ4n) is 2.28. The highest BCUT2D eigenvalue weighted by atomic mass is 16.5. The van der Waals surface area contributed by atoms with Crippen molar-refractivity contribution in [2.75, 3.05) is 19.8 Å². The molecule has 3 nitrogen and oxygen atoms in total. The van der Waals surface area contributed by atoms with Gasteiger partial charge in [-0.3, -0.25) is 0 Å². The maximum atomic E-state index is 9.05. The molecule has 13 heavy (non-hydrogen) atoms. The third kappa shape index (κ3) is 2.22. The standard InChI is InChI=1S/C9H17NO2.CH4/c11-6-8-9-7(5-10-8)3-1-2-4-12-9;/h7-11H,1-6H2;1H4. The summed E-state index contributed by atoms with van der Waals surface area (Å²) < 4.78 is 5.71. The van der Waals surface area contributed by atoms with Gasteiger partial charge in [0.25, 0.3) is 0 Å². The second-order valence-electron chi connectivity index (χ2n) is 3.79. The third-order valence-corrected chi connectivity index (χ3v) is 2.98. The van der Waals surface area contributed by atoms with Crippen LogP contribution in [0.5, 0.6) is 0 Å². The summed E-state index contributed by atoms with van der Waals surface area (Å²) in [6.45, 7) is 2.11. The van der Waals surface area contributed by atoms with E-state index in [0.717, 1.165) is 13.2 Å². The lowest BCUT2D eigenvalue weighted by atomic mass is 9.97. The van der Waals surface area contributed by atoms with Gasteiger partial charge in [-0.2, -0.15) is 0 Å². The fraction of sp³-hybridized carbons (Fsp3) is 1.00. The summed E-state index contributed by atoms with van der Waals surface area (Å²) in [5.74, 6) is 0.643. The van der Waals surface area contributed by atoms with Crippen LogP contribution >= 0.6 is 0 Å². The number of aliphatic hydroxyl groups excluding tert-OH is 1. The molecule has 0 aromatic rings. The lowest BCUT2D eigenvalue weighted by Gasteiger charge is -2.20. The maximum absolute atomic E-state index is 9.05. The van der Waals surface area contributed by atoms with E-state index in [-0.39, 0.29) is 26.2 Å². The van der Waals surface area contributed by atoms with Gasteiger partial charge < -0.3 is 15.2 Å². The Kier molecular flexibility index (Phi) is 4.16. The van der Waals surface area contributed by atoms with Crippen LogP contribution in [-0.4, -0.2) is 37.0 Å². The minimum absolute atomic E-state index is 0. The number of aliphatic hydroxyl groups is 1. The van der Waals surface area contributed by atoms with E-state index < -0.39 is 0 Å². The topological polar surface area (TPSA) is 41.5 Å². The smallest absolute Gasteiger partial charge is 0.0790 e. The molecule has 3 unspecified atom stereocenters. The van der Waals surface area contributed by atoms with Crippen LogP contribution in [0.1, 0.15) is 26.7 Å². The lowest BCUT2D eigenvalue weighted by Crippen LogP contribution is -2.36. The molecule has 2 heterocycles. The zero-order chi connectivity index (χ0) is 8.39. The predicted molar refractivity (Wildman–Crippen MR) is 52.7 cm³/mol. The van der Waals surface area contributed by atoms with Gasteiger partial charge in [0.15, 0.2) is 0 Å². The van der Waals surface area contributed by atoms with Gasteiger partial charge in [0.1, 0.15) is 0 Å². The van der Waals surface area contributed by atoms with Crippen molar-refractivity contribution in [2.45, 2.75) is 38.8 Å². The first-order valence-electron chi connectivity index (χ1n) is 4.87.